The summed E-state index contributed by atoms with van der Waals surface area (Å²) in [4.78, 5) is 2.43. The van der Waals surface area contributed by atoms with Crippen molar-refractivity contribution in [3.8, 4) is 0 Å². The van der Waals surface area contributed by atoms with E-state index in [9.17, 15) is 0 Å². The van der Waals surface area contributed by atoms with Crippen LogP contribution in [-0.4, -0.2) is 26.7 Å². The second-order valence-electron chi connectivity index (χ2n) is 4.23. The van der Waals surface area contributed by atoms with E-state index in [1.807, 2.05) is 0 Å². The molecule has 0 spiro atoms. The standard InChI is InChI=1S/C13H20N2O/c1-16-10-11-4-2-5-13-12(11)6-9-15(13)8-3-7-14/h2,4-5H,3,6-10,14H2,1H3. The molecule has 1 aliphatic rings. The molecule has 2 N–H and O–H groups in total. The summed E-state index contributed by atoms with van der Waals surface area (Å²) >= 11 is 0. The summed E-state index contributed by atoms with van der Waals surface area (Å²) in [6.45, 7) is 3.67. The van der Waals surface area contributed by atoms with Crippen molar-refractivity contribution in [1.29, 1.82) is 0 Å². The van der Waals surface area contributed by atoms with E-state index in [1.54, 1.807) is 7.11 Å². The number of rotatable bonds is 5. The minimum atomic E-state index is 0.716. The summed E-state index contributed by atoms with van der Waals surface area (Å²) < 4.78 is 5.23. The quantitative estimate of drug-likeness (QED) is 0.818. The summed E-state index contributed by atoms with van der Waals surface area (Å²) in [6.07, 6.45) is 2.20. The van der Waals surface area contributed by atoms with Crippen molar-refractivity contribution in [2.45, 2.75) is 19.4 Å². The highest BCUT2D eigenvalue weighted by Gasteiger charge is 2.20. The first-order valence-electron chi connectivity index (χ1n) is 5.91. The van der Waals surface area contributed by atoms with Gasteiger partial charge in [-0.2, -0.15) is 0 Å². The lowest BCUT2D eigenvalue weighted by molar-refractivity contribution is 0.184. The molecule has 0 atom stereocenters. The molecule has 0 fully saturated rings. The van der Waals surface area contributed by atoms with Gasteiger partial charge in [-0.25, -0.2) is 0 Å². The van der Waals surface area contributed by atoms with Gasteiger partial charge in [0.2, 0.25) is 0 Å². The molecule has 0 saturated heterocycles. The van der Waals surface area contributed by atoms with Crippen LogP contribution in [0.4, 0.5) is 5.69 Å². The molecule has 0 aliphatic carbocycles. The third kappa shape index (κ3) is 2.20. The number of hydrogen-bond donors (Lipinski definition) is 1. The molecular formula is C13H20N2O. The van der Waals surface area contributed by atoms with Crippen LogP contribution in [0.3, 0.4) is 0 Å². The molecule has 1 heterocycles. The predicted molar refractivity (Wildman–Crippen MR) is 66.7 cm³/mol. The van der Waals surface area contributed by atoms with Gasteiger partial charge in [0.1, 0.15) is 0 Å². The molecule has 0 unspecified atom stereocenters. The molecule has 0 radical (unpaired) electrons. The Hall–Kier alpha value is -1.06. The van der Waals surface area contributed by atoms with E-state index < -0.39 is 0 Å². The van der Waals surface area contributed by atoms with Crippen LogP contribution in [0.1, 0.15) is 17.5 Å². The van der Waals surface area contributed by atoms with Crippen molar-refractivity contribution >= 4 is 5.69 Å². The highest BCUT2D eigenvalue weighted by Crippen LogP contribution is 2.30. The maximum atomic E-state index is 5.56. The van der Waals surface area contributed by atoms with E-state index in [0.717, 1.165) is 32.5 Å². The van der Waals surface area contributed by atoms with Gasteiger partial charge in [-0.3, -0.25) is 0 Å². The molecule has 88 valence electrons. The van der Waals surface area contributed by atoms with Crippen molar-refractivity contribution in [2.75, 3.05) is 31.6 Å². The van der Waals surface area contributed by atoms with Gasteiger partial charge in [-0.15, -0.1) is 0 Å². The molecular weight excluding hydrogens is 200 g/mol. The Morgan fingerprint density at radius 3 is 3.06 bits per heavy atom. The highest BCUT2D eigenvalue weighted by atomic mass is 16.5. The van der Waals surface area contributed by atoms with Gasteiger partial charge in [0, 0.05) is 25.9 Å². The fourth-order valence-corrected chi connectivity index (χ4v) is 2.38. The first kappa shape index (κ1) is 11.4. The summed E-state index contributed by atoms with van der Waals surface area (Å²) in [7, 11) is 1.75. The molecule has 0 bridgehead atoms. The Kier molecular flexibility index (Phi) is 3.80. The second-order valence-corrected chi connectivity index (χ2v) is 4.23. The molecule has 3 heteroatoms. The van der Waals surface area contributed by atoms with Gasteiger partial charge in [0.05, 0.1) is 6.61 Å². The summed E-state index contributed by atoms with van der Waals surface area (Å²) in [6, 6.07) is 6.49. The molecule has 1 aromatic carbocycles. The molecule has 0 aromatic heterocycles. The molecule has 1 aliphatic heterocycles. The number of methoxy groups -OCH3 is 1. The van der Waals surface area contributed by atoms with Crippen molar-refractivity contribution in [3.05, 3.63) is 29.3 Å². The number of nitrogens with zero attached hydrogens (tertiary/aromatic N) is 1. The van der Waals surface area contributed by atoms with Gasteiger partial charge in [-0.1, -0.05) is 12.1 Å². The van der Waals surface area contributed by atoms with Crippen LogP contribution >= 0.6 is 0 Å². The first-order chi connectivity index (χ1) is 7.86. The number of benzene rings is 1. The topological polar surface area (TPSA) is 38.5 Å². The minimum Gasteiger partial charge on any atom is -0.380 e. The minimum absolute atomic E-state index is 0.716. The number of fused-ring (bicyclic) bond motifs is 1. The summed E-state index contributed by atoms with van der Waals surface area (Å²) in [5.41, 5.74) is 9.72. The lowest BCUT2D eigenvalue weighted by atomic mass is 10.1. The van der Waals surface area contributed by atoms with E-state index in [2.05, 4.69) is 23.1 Å². The zero-order valence-corrected chi connectivity index (χ0v) is 9.91. The number of anilines is 1. The summed E-state index contributed by atoms with van der Waals surface area (Å²) in [5.74, 6) is 0. The SMILES string of the molecule is COCc1cccc2c1CCN2CCCN. The lowest BCUT2D eigenvalue weighted by Crippen LogP contribution is -2.23. The number of ether oxygens (including phenoxy) is 1. The third-order valence-corrected chi connectivity index (χ3v) is 3.15. The van der Waals surface area contributed by atoms with Crippen LogP contribution in [0.25, 0.3) is 0 Å². The van der Waals surface area contributed by atoms with Crippen LogP contribution in [0.5, 0.6) is 0 Å². The van der Waals surface area contributed by atoms with Gasteiger partial charge in [0.15, 0.2) is 0 Å². The van der Waals surface area contributed by atoms with Crippen molar-refractivity contribution in [3.63, 3.8) is 0 Å². The fraction of sp³-hybridized carbons (Fsp3) is 0.538. The third-order valence-electron chi connectivity index (χ3n) is 3.15. The van der Waals surface area contributed by atoms with Crippen molar-refractivity contribution in [2.24, 2.45) is 5.73 Å². The maximum Gasteiger partial charge on any atom is 0.0716 e. The van der Waals surface area contributed by atoms with Crippen LogP contribution < -0.4 is 10.6 Å². The first-order valence-corrected chi connectivity index (χ1v) is 5.91. The molecule has 0 amide bonds. The van der Waals surface area contributed by atoms with E-state index in [1.165, 1.54) is 16.8 Å². The Balaban J connectivity index is 2.16. The van der Waals surface area contributed by atoms with Gasteiger partial charge >= 0.3 is 0 Å². The van der Waals surface area contributed by atoms with Crippen LogP contribution in [0.2, 0.25) is 0 Å². The second kappa shape index (κ2) is 5.32. The Labute approximate surface area is 97.2 Å². The smallest absolute Gasteiger partial charge is 0.0716 e. The average Bonchev–Trinajstić information content (AvgIpc) is 2.71. The number of hydrogen-bond acceptors (Lipinski definition) is 3. The van der Waals surface area contributed by atoms with E-state index >= 15 is 0 Å². The fourth-order valence-electron chi connectivity index (χ4n) is 2.38. The zero-order chi connectivity index (χ0) is 11.4. The van der Waals surface area contributed by atoms with Gasteiger partial charge in [0.25, 0.3) is 0 Å². The van der Waals surface area contributed by atoms with Crippen LogP contribution in [0.15, 0.2) is 18.2 Å². The highest BCUT2D eigenvalue weighted by molar-refractivity contribution is 5.60. The Morgan fingerprint density at radius 1 is 1.44 bits per heavy atom. The Bertz CT molecular complexity index is 352. The monoisotopic (exact) mass is 220 g/mol. The zero-order valence-electron chi connectivity index (χ0n) is 9.91. The predicted octanol–water partition coefficient (Wildman–Crippen LogP) is 1.54. The van der Waals surface area contributed by atoms with Crippen LogP contribution in [0, 0.1) is 0 Å². The average molecular weight is 220 g/mol. The van der Waals surface area contributed by atoms with Crippen molar-refractivity contribution < 1.29 is 4.74 Å². The maximum absolute atomic E-state index is 5.56. The molecule has 0 saturated carbocycles. The largest absolute Gasteiger partial charge is 0.380 e. The molecule has 2 rings (SSSR count). The Morgan fingerprint density at radius 2 is 2.31 bits per heavy atom. The molecule has 3 nitrogen and oxygen atoms in total. The van der Waals surface area contributed by atoms with E-state index in [0.29, 0.717) is 6.61 Å². The molecule has 1 aromatic rings. The lowest BCUT2D eigenvalue weighted by Gasteiger charge is -2.19. The molecule has 16 heavy (non-hydrogen) atoms. The number of nitrogens with two attached hydrogens (primary N) is 1. The van der Waals surface area contributed by atoms with Gasteiger partial charge < -0.3 is 15.4 Å². The van der Waals surface area contributed by atoms with Crippen LogP contribution in [-0.2, 0) is 17.8 Å². The van der Waals surface area contributed by atoms with Gasteiger partial charge in [-0.05, 0) is 36.6 Å². The normalized spacial score (nSPS) is 14.2. The van der Waals surface area contributed by atoms with E-state index in [-0.39, 0.29) is 0 Å². The van der Waals surface area contributed by atoms with Crippen molar-refractivity contribution in [1.82, 2.24) is 0 Å². The van der Waals surface area contributed by atoms with E-state index in [4.69, 9.17) is 10.5 Å². The summed E-state index contributed by atoms with van der Waals surface area (Å²) in [5, 5.41) is 0.